The number of hydrogen-bond acceptors (Lipinski definition) is 4. The number of hydrogen-bond donors (Lipinski definition) is 2. The van der Waals surface area contributed by atoms with Crippen molar-refractivity contribution in [2.45, 2.75) is 6.61 Å². The third-order valence-corrected chi connectivity index (χ3v) is 2.83. The van der Waals surface area contributed by atoms with Crippen LogP contribution in [0.5, 0.6) is 11.5 Å². The number of phenols is 1. The van der Waals surface area contributed by atoms with Gasteiger partial charge in [0.1, 0.15) is 12.4 Å². The first kappa shape index (κ1) is 13.5. The lowest BCUT2D eigenvalue weighted by Gasteiger charge is -2.10. The van der Waals surface area contributed by atoms with Gasteiger partial charge in [-0.2, -0.15) is 0 Å². The normalized spacial score (nSPS) is 10.5. The Bertz CT molecular complexity index is 623. The highest BCUT2D eigenvalue weighted by atomic mass is 79.9. The quantitative estimate of drug-likeness (QED) is 0.907. The highest BCUT2D eigenvalue weighted by Crippen LogP contribution is 2.28. The zero-order valence-corrected chi connectivity index (χ0v) is 11.1. The summed E-state index contributed by atoms with van der Waals surface area (Å²) >= 11 is 3.18. The van der Waals surface area contributed by atoms with Crippen LogP contribution in [0.15, 0.2) is 28.9 Å². The predicted molar refractivity (Wildman–Crippen MR) is 68.7 cm³/mol. The molecule has 0 bridgehead atoms. The van der Waals surface area contributed by atoms with Crippen LogP contribution in [0.25, 0.3) is 0 Å². The highest BCUT2D eigenvalue weighted by molar-refractivity contribution is 9.10. The molecule has 1 heterocycles. The Hall–Kier alpha value is -1.89. The van der Waals surface area contributed by atoms with Crippen molar-refractivity contribution < 1.29 is 18.6 Å². The van der Waals surface area contributed by atoms with Crippen LogP contribution >= 0.6 is 15.9 Å². The Balaban J connectivity index is 2.24. The van der Waals surface area contributed by atoms with Crippen molar-refractivity contribution in [3.05, 3.63) is 46.1 Å². The number of halogens is 3. The lowest BCUT2D eigenvalue weighted by Crippen LogP contribution is -2.03. The molecule has 0 aliphatic heterocycles. The molecule has 0 spiro atoms. The van der Waals surface area contributed by atoms with Crippen molar-refractivity contribution >= 4 is 21.7 Å². The standard InChI is InChI=1S/C12H9BrF2N2O2/c13-6-3-10(12(16)17-4-6)19-5-7-8(14)1-2-9(15)11(7)18/h1-4,18H,5H2,(H2,16,17). The molecule has 1 aromatic heterocycles. The van der Waals surface area contributed by atoms with E-state index in [4.69, 9.17) is 10.5 Å². The minimum atomic E-state index is -0.916. The molecule has 0 saturated heterocycles. The first-order valence-corrected chi connectivity index (χ1v) is 5.98. The van der Waals surface area contributed by atoms with Gasteiger partial charge in [-0.1, -0.05) is 0 Å². The molecule has 0 unspecified atom stereocenters. The lowest BCUT2D eigenvalue weighted by atomic mass is 10.2. The van der Waals surface area contributed by atoms with Crippen LogP contribution in [0.1, 0.15) is 5.56 Å². The molecule has 0 saturated carbocycles. The monoisotopic (exact) mass is 330 g/mol. The van der Waals surface area contributed by atoms with Gasteiger partial charge in [0.15, 0.2) is 23.1 Å². The summed E-state index contributed by atoms with van der Waals surface area (Å²) in [5, 5.41) is 9.43. The molecule has 0 amide bonds. The fraction of sp³-hybridized carbons (Fsp3) is 0.0833. The van der Waals surface area contributed by atoms with Gasteiger partial charge in [-0.3, -0.25) is 0 Å². The van der Waals surface area contributed by atoms with E-state index >= 15 is 0 Å². The van der Waals surface area contributed by atoms with Crippen LogP contribution < -0.4 is 10.5 Å². The molecule has 4 nitrogen and oxygen atoms in total. The molecule has 100 valence electrons. The first-order valence-electron chi connectivity index (χ1n) is 5.18. The van der Waals surface area contributed by atoms with Crippen LogP contribution in [-0.2, 0) is 6.61 Å². The van der Waals surface area contributed by atoms with Crippen LogP contribution in [0.4, 0.5) is 14.6 Å². The highest BCUT2D eigenvalue weighted by Gasteiger charge is 2.14. The number of aromatic hydroxyl groups is 1. The molecule has 0 radical (unpaired) electrons. The van der Waals surface area contributed by atoms with Crippen molar-refractivity contribution in [3.63, 3.8) is 0 Å². The fourth-order valence-electron chi connectivity index (χ4n) is 1.42. The number of nitrogens with zero attached hydrogens (tertiary/aromatic N) is 1. The van der Waals surface area contributed by atoms with E-state index in [0.29, 0.717) is 4.47 Å². The van der Waals surface area contributed by atoms with Gasteiger partial charge in [-0.25, -0.2) is 13.8 Å². The van der Waals surface area contributed by atoms with E-state index in [-0.39, 0.29) is 23.7 Å². The summed E-state index contributed by atoms with van der Waals surface area (Å²) in [5.74, 6) is -2.14. The summed E-state index contributed by atoms with van der Waals surface area (Å²) in [6, 6.07) is 3.29. The third kappa shape index (κ3) is 2.93. The number of ether oxygens (including phenoxy) is 1. The summed E-state index contributed by atoms with van der Waals surface area (Å²) < 4.78 is 32.4. The maximum Gasteiger partial charge on any atom is 0.166 e. The fourth-order valence-corrected chi connectivity index (χ4v) is 1.73. The second kappa shape index (κ2) is 5.40. The van der Waals surface area contributed by atoms with Gasteiger partial charge in [0.25, 0.3) is 0 Å². The largest absolute Gasteiger partial charge is 0.504 e. The zero-order valence-electron chi connectivity index (χ0n) is 9.53. The van der Waals surface area contributed by atoms with Crippen molar-refractivity contribution in [2.24, 2.45) is 0 Å². The van der Waals surface area contributed by atoms with Gasteiger partial charge < -0.3 is 15.6 Å². The van der Waals surface area contributed by atoms with Crippen molar-refractivity contribution in [1.82, 2.24) is 4.98 Å². The number of aromatic nitrogens is 1. The van der Waals surface area contributed by atoms with E-state index in [1.54, 1.807) is 0 Å². The van der Waals surface area contributed by atoms with Gasteiger partial charge in [0, 0.05) is 10.7 Å². The Labute approximate surface area is 116 Å². The van der Waals surface area contributed by atoms with E-state index in [9.17, 15) is 13.9 Å². The summed E-state index contributed by atoms with van der Waals surface area (Å²) in [6.45, 7) is -0.363. The number of nitrogen functional groups attached to an aromatic ring is 1. The molecule has 2 aromatic rings. The smallest absolute Gasteiger partial charge is 0.166 e. The van der Waals surface area contributed by atoms with Gasteiger partial charge in [-0.15, -0.1) is 0 Å². The molecule has 1 aromatic carbocycles. The Morgan fingerprint density at radius 2 is 2.00 bits per heavy atom. The topological polar surface area (TPSA) is 68.4 Å². The SMILES string of the molecule is Nc1ncc(Br)cc1OCc1c(F)ccc(F)c1O. The zero-order chi connectivity index (χ0) is 14.0. The maximum atomic E-state index is 13.5. The van der Waals surface area contributed by atoms with Crippen LogP contribution in [0.2, 0.25) is 0 Å². The minimum Gasteiger partial charge on any atom is -0.504 e. The molecule has 0 aliphatic carbocycles. The molecule has 0 atom stereocenters. The third-order valence-electron chi connectivity index (χ3n) is 2.40. The Kier molecular flexibility index (Phi) is 3.84. The second-order valence-corrected chi connectivity index (χ2v) is 4.60. The van der Waals surface area contributed by atoms with E-state index in [1.165, 1.54) is 12.3 Å². The molecule has 2 rings (SSSR count). The summed E-state index contributed by atoms with van der Waals surface area (Å²) in [5.41, 5.74) is 5.29. The van der Waals surface area contributed by atoms with E-state index in [2.05, 4.69) is 20.9 Å². The molecule has 19 heavy (non-hydrogen) atoms. The van der Waals surface area contributed by atoms with Gasteiger partial charge in [0.05, 0.1) is 5.56 Å². The van der Waals surface area contributed by atoms with Crippen LogP contribution in [-0.4, -0.2) is 10.1 Å². The summed E-state index contributed by atoms with van der Waals surface area (Å²) in [7, 11) is 0. The molecule has 0 aliphatic rings. The number of anilines is 1. The van der Waals surface area contributed by atoms with Gasteiger partial charge in [0.2, 0.25) is 0 Å². The molecule has 7 heteroatoms. The second-order valence-electron chi connectivity index (χ2n) is 3.68. The molecule has 0 fully saturated rings. The summed E-state index contributed by atoms with van der Waals surface area (Å²) in [4.78, 5) is 3.83. The van der Waals surface area contributed by atoms with Crippen LogP contribution in [0, 0.1) is 11.6 Å². The number of phenolic OH excluding ortho intramolecular Hbond substituents is 1. The average Bonchev–Trinajstić information content (AvgIpc) is 2.38. The van der Waals surface area contributed by atoms with E-state index in [1.807, 2.05) is 0 Å². The molecular formula is C12H9BrF2N2O2. The van der Waals surface area contributed by atoms with Crippen molar-refractivity contribution in [3.8, 4) is 11.5 Å². The predicted octanol–water partition coefficient (Wildman–Crippen LogP) is 2.99. The minimum absolute atomic E-state index is 0.111. The Morgan fingerprint density at radius 1 is 1.32 bits per heavy atom. The van der Waals surface area contributed by atoms with E-state index in [0.717, 1.165) is 12.1 Å². The Morgan fingerprint density at radius 3 is 2.74 bits per heavy atom. The number of rotatable bonds is 3. The van der Waals surface area contributed by atoms with Gasteiger partial charge in [-0.05, 0) is 34.1 Å². The van der Waals surface area contributed by atoms with E-state index < -0.39 is 17.4 Å². The summed E-state index contributed by atoms with van der Waals surface area (Å²) in [6.07, 6.45) is 1.47. The molecule has 3 N–H and O–H groups in total. The molecular weight excluding hydrogens is 322 g/mol. The first-order chi connectivity index (χ1) is 8.99. The van der Waals surface area contributed by atoms with Crippen molar-refractivity contribution in [2.75, 3.05) is 5.73 Å². The van der Waals surface area contributed by atoms with Crippen LogP contribution in [0.3, 0.4) is 0 Å². The number of benzene rings is 1. The number of nitrogens with two attached hydrogens (primary N) is 1. The van der Waals surface area contributed by atoms with Crippen molar-refractivity contribution in [1.29, 1.82) is 0 Å². The number of pyridine rings is 1. The van der Waals surface area contributed by atoms with Gasteiger partial charge >= 0.3 is 0 Å². The lowest BCUT2D eigenvalue weighted by molar-refractivity contribution is 0.289. The average molecular weight is 331 g/mol. The maximum absolute atomic E-state index is 13.5.